The van der Waals surface area contributed by atoms with Crippen molar-refractivity contribution in [2.45, 2.75) is 19.9 Å². The van der Waals surface area contributed by atoms with Crippen molar-refractivity contribution in [2.75, 3.05) is 24.6 Å². The van der Waals surface area contributed by atoms with Crippen LogP contribution in [0.15, 0.2) is 6.33 Å². The molecule has 0 aliphatic heterocycles. The number of anilines is 2. The van der Waals surface area contributed by atoms with Gasteiger partial charge in [-0.15, -0.1) is 0 Å². The number of hydrogen-bond acceptors (Lipinski definition) is 5. The minimum atomic E-state index is -0.424. The van der Waals surface area contributed by atoms with Crippen LogP contribution < -0.4 is 11.1 Å². The quantitative estimate of drug-likeness (QED) is 0.840. The van der Waals surface area contributed by atoms with Crippen LogP contribution in [0.3, 0.4) is 0 Å². The van der Waals surface area contributed by atoms with Gasteiger partial charge in [-0.25, -0.2) is 9.97 Å². The lowest BCUT2D eigenvalue weighted by atomic mass is 10.3. The Morgan fingerprint density at radius 1 is 1.65 bits per heavy atom. The molecule has 1 unspecified atom stereocenters. The summed E-state index contributed by atoms with van der Waals surface area (Å²) < 4.78 is 0. The van der Waals surface area contributed by atoms with Crippen molar-refractivity contribution < 1.29 is 4.79 Å². The first-order chi connectivity index (χ1) is 7.97. The maximum Gasteiger partial charge on any atom is 0.244 e. The molecule has 0 aliphatic carbocycles. The van der Waals surface area contributed by atoms with Crippen LogP contribution in [0.5, 0.6) is 0 Å². The average molecular weight is 258 g/mol. The van der Waals surface area contributed by atoms with E-state index in [0.717, 1.165) is 0 Å². The number of nitrogens with two attached hydrogens (primary N) is 1. The second-order valence-corrected chi connectivity index (χ2v) is 4.02. The summed E-state index contributed by atoms with van der Waals surface area (Å²) in [5.41, 5.74) is 5.54. The second kappa shape index (κ2) is 5.67. The number of likely N-dealkylation sites (N-methyl/N-ethyl adjacent to an activating group) is 1. The van der Waals surface area contributed by atoms with Crippen LogP contribution in [0.1, 0.15) is 13.8 Å². The fourth-order valence-corrected chi connectivity index (χ4v) is 1.39. The molecule has 17 heavy (non-hydrogen) atoms. The molecular weight excluding hydrogens is 242 g/mol. The summed E-state index contributed by atoms with van der Waals surface area (Å²) in [5.74, 6) is 0.512. The zero-order valence-electron chi connectivity index (χ0n) is 10.1. The largest absolute Gasteiger partial charge is 0.382 e. The van der Waals surface area contributed by atoms with Crippen LogP contribution in [0.2, 0.25) is 5.02 Å². The van der Waals surface area contributed by atoms with E-state index in [-0.39, 0.29) is 16.7 Å². The Morgan fingerprint density at radius 2 is 2.29 bits per heavy atom. The molecule has 0 saturated carbocycles. The van der Waals surface area contributed by atoms with Crippen molar-refractivity contribution in [3.8, 4) is 0 Å². The Hall–Kier alpha value is -1.56. The van der Waals surface area contributed by atoms with E-state index in [4.69, 9.17) is 17.3 Å². The topological polar surface area (TPSA) is 84.1 Å². The molecule has 1 heterocycles. The van der Waals surface area contributed by atoms with Gasteiger partial charge in [0.05, 0.1) is 0 Å². The molecule has 94 valence electrons. The summed E-state index contributed by atoms with van der Waals surface area (Å²) in [4.78, 5) is 21.1. The minimum Gasteiger partial charge on any atom is -0.382 e. The van der Waals surface area contributed by atoms with Crippen LogP contribution in [-0.4, -0.2) is 40.4 Å². The van der Waals surface area contributed by atoms with Gasteiger partial charge in [-0.05, 0) is 13.8 Å². The Morgan fingerprint density at radius 3 is 2.88 bits per heavy atom. The van der Waals surface area contributed by atoms with E-state index in [2.05, 4.69) is 15.3 Å². The predicted molar refractivity (Wildman–Crippen MR) is 67.9 cm³/mol. The number of carbonyl (C=O) groups excluding carboxylic acids is 1. The van der Waals surface area contributed by atoms with E-state index in [1.165, 1.54) is 6.33 Å². The van der Waals surface area contributed by atoms with Gasteiger partial charge in [0.15, 0.2) is 5.82 Å². The molecule has 1 amide bonds. The molecule has 0 aliphatic rings. The molecule has 1 aromatic rings. The number of halogens is 1. The van der Waals surface area contributed by atoms with Gasteiger partial charge in [-0.2, -0.15) is 0 Å². The highest BCUT2D eigenvalue weighted by molar-refractivity contribution is 6.35. The van der Waals surface area contributed by atoms with Crippen LogP contribution >= 0.6 is 11.6 Å². The Labute approximate surface area is 105 Å². The van der Waals surface area contributed by atoms with Crippen molar-refractivity contribution in [1.82, 2.24) is 14.9 Å². The smallest absolute Gasteiger partial charge is 0.244 e. The van der Waals surface area contributed by atoms with E-state index in [1.807, 2.05) is 6.92 Å². The second-order valence-electron chi connectivity index (χ2n) is 3.64. The molecule has 0 spiro atoms. The van der Waals surface area contributed by atoms with Gasteiger partial charge < -0.3 is 16.0 Å². The van der Waals surface area contributed by atoms with Gasteiger partial charge in [0.1, 0.15) is 23.2 Å². The summed E-state index contributed by atoms with van der Waals surface area (Å²) in [6.07, 6.45) is 1.30. The number of carbonyl (C=O) groups is 1. The minimum absolute atomic E-state index is 0.0410. The van der Waals surface area contributed by atoms with Crippen molar-refractivity contribution >= 4 is 29.1 Å². The summed E-state index contributed by atoms with van der Waals surface area (Å²) >= 11 is 5.92. The van der Waals surface area contributed by atoms with E-state index in [0.29, 0.717) is 12.4 Å². The third kappa shape index (κ3) is 3.20. The molecule has 0 saturated heterocycles. The highest BCUT2D eigenvalue weighted by atomic mass is 35.5. The SMILES string of the molecule is CCN(C)C(=O)C(C)Nc1ncnc(N)c1Cl. The maximum atomic E-state index is 11.8. The first kappa shape index (κ1) is 13.5. The molecule has 0 aromatic carbocycles. The highest BCUT2D eigenvalue weighted by Crippen LogP contribution is 2.23. The summed E-state index contributed by atoms with van der Waals surface area (Å²) in [6.45, 7) is 4.29. The van der Waals surface area contributed by atoms with E-state index in [1.54, 1.807) is 18.9 Å². The number of amides is 1. The standard InChI is InChI=1S/C10H16ClN5O/c1-4-16(3)10(17)6(2)15-9-7(11)8(12)13-5-14-9/h5-6H,4H2,1-3H3,(H3,12,13,14,15). The van der Waals surface area contributed by atoms with Gasteiger partial charge in [-0.1, -0.05) is 11.6 Å². The normalized spacial score (nSPS) is 12.0. The van der Waals surface area contributed by atoms with Crippen molar-refractivity contribution in [2.24, 2.45) is 0 Å². The molecule has 1 aromatic heterocycles. The molecule has 1 rings (SSSR count). The number of rotatable bonds is 4. The first-order valence-electron chi connectivity index (χ1n) is 5.24. The molecule has 0 bridgehead atoms. The molecule has 0 fully saturated rings. The zero-order valence-corrected chi connectivity index (χ0v) is 10.8. The van der Waals surface area contributed by atoms with Crippen LogP contribution in [0.25, 0.3) is 0 Å². The van der Waals surface area contributed by atoms with Gasteiger partial charge in [0, 0.05) is 13.6 Å². The molecule has 1 atom stereocenters. The summed E-state index contributed by atoms with van der Waals surface area (Å²) in [5, 5.41) is 3.14. The molecule has 6 nitrogen and oxygen atoms in total. The van der Waals surface area contributed by atoms with Crippen molar-refractivity contribution in [3.05, 3.63) is 11.3 Å². The van der Waals surface area contributed by atoms with Crippen molar-refractivity contribution in [3.63, 3.8) is 0 Å². The maximum absolute atomic E-state index is 11.8. The number of aromatic nitrogens is 2. The Balaban J connectivity index is 2.78. The molecule has 3 N–H and O–H groups in total. The average Bonchev–Trinajstić information content (AvgIpc) is 2.32. The number of nitrogens with one attached hydrogen (secondary N) is 1. The van der Waals surface area contributed by atoms with E-state index >= 15 is 0 Å². The first-order valence-corrected chi connectivity index (χ1v) is 5.62. The summed E-state index contributed by atoms with van der Waals surface area (Å²) in [7, 11) is 1.73. The summed E-state index contributed by atoms with van der Waals surface area (Å²) in [6, 6.07) is -0.424. The van der Waals surface area contributed by atoms with Gasteiger partial charge >= 0.3 is 0 Å². The van der Waals surface area contributed by atoms with Crippen LogP contribution in [0, 0.1) is 0 Å². The lowest BCUT2D eigenvalue weighted by Crippen LogP contribution is -2.39. The van der Waals surface area contributed by atoms with E-state index in [9.17, 15) is 4.79 Å². The predicted octanol–water partition coefficient (Wildman–Crippen LogP) is 0.991. The fourth-order valence-electron chi connectivity index (χ4n) is 1.24. The lowest BCUT2D eigenvalue weighted by molar-refractivity contribution is -0.130. The number of hydrogen-bond donors (Lipinski definition) is 2. The van der Waals surface area contributed by atoms with Crippen LogP contribution in [-0.2, 0) is 4.79 Å². The lowest BCUT2D eigenvalue weighted by Gasteiger charge is -2.21. The van der Waals surface area contributed by atoms with Gasteiger partial charge in [-0.3, -0.25) is 4.79 Å². The zero-order chi connectivity index (χ0) is 13.0. The molecular formula is C10H16ClN5O. The molecule has 7 heteroatoms. The van der Waals surface area contributed by atoms with Gasteiger partial charge in [0.2, 0.25) is 5.91 Å². The number of nitrogens with zero attached hydrogens (tertiary/aromatic N) is 3. The third-order valence-electron chi connectivity index (χ3n) is 2.39. The van der Waals surface area contributed by atoms with Crippen LogP contribution in [0.4, 0.5) is 11.6 Å². The fraction of sp³-hybridized carbons (Fsp3) is 0.500. The Kier molecular flexibility index (Phi) is 4.51. The Bertz CT molecular complexity index is 412. The van der Waals surface area contributed by atoms with Gasteiger partial charge in [0.25, 0.3) is 0 Å². The van der Waals surface area contributed by atoms with Crippen molar-refractivity contribution in [1.29, 1.82) is 0 Å². The molecule has 0 radical (unpaired) electrons. The monoisotopic (exact) mass is 257 g/mol. The third-order valence-corrected chi connectivity index (χ3v) is 2.76. The van der Waals surface area contributed by atoms with E-state index < -0.39 is 6.04 Å². The number of nitrogen functional groups attached to an aromatic ring is 1. The highest BCUT2D eigenvalue weighted by Gasteiger charge is 2.18.